The summed E-state index contributed by atoms with van der Waals surface area (Å²) in [4.78, 5) is 2.66. The van der Waals surface area contributed by atoms with Gasteiger partial charge in [0.2, 0.25) is 0 Å². The van der Waals surface area contributed by atoms with E-state index < -0.39 is 5.82 Å². The highest BCUT2D eigenvalue weighted by Crippen LogP contribution is 2.38. The summed E-state index contributed by atoms with van der Waals surface area (Å²) in [5, 5.41) is 3.43. The van der Waals surface area contributed by atoms with Crippen LogP contribution in [0.4, 0.5) is 4.39 Å². The van der Waals surface area contributed by atoms with Crippen molar-refractivity contribution in [2.45, 2.75) is 19.1 Å². The Morgan fingerprint density at radius 1 is 1.67 bits per heavy atom. The van der Waals surface area contributed by atoms with E-state index in [0.717, 1.165) is 0 Å². The maximum absolute atomic E-state index is 13.4. The van der Waals surface area contributed by atoms with Crippen molar-refractivity contribution in [3.63, 3.8) is 0 Å². The van der Waals surface area contributed by atoms with Gasteiger partial charge in [-0.1, -0.05) is 5.11 Å². The molecule has 0 unspecified atom stereocenters. The summed E-state index contributed by atoms with van der Waals surface area (Å²) < 4.78 is 24.4. The Labute approximate surface area is 103 Å². The van der Waals surface area contributed by atoms with Crippen molar-refractivity contribution in [1.29, 1.82) is 0 Å². The smallest absolute Gasteiger partial charge is 0.166 e. The van der Waals surface area contributed by atoms with E-state index in [1.54, 1.807) is 6.92 Å². The van der Waals surface area contributed by atoms with E-state index in [2.05, 4.69) is 10.0 Å². The second-order valence-electron chi connectivity index (χ2n) is 4.08. The molecule has 1 aromatic rings. The first-order valence-electron chi connectivity index (χ1n) is 5.51. The van der Waals surface area contributed by atoms with E-state index in [9.17, 15) is 4.39 Å². The molecule has 1 aliphatic heterocycles. The lowest BCUT2D eigenvalue weighted by molar-refractivity contribution is 0.0946. The summed E-state index contributed by atoms with van der Waals surface area (Å²) in [6, 6.07) is 2.20. The van der Waals surface area contributed by atoms with Gasteiger partial charge in [0.05, 0.1) is 6.54 Å². The lowest BCUT2D eigenvalue weighted by Crippen LogP contribution is -2.32. The fourth-order valence-corrected chi connectivity index (χ4v) is 1.76. The summed E-state index contributed by atoms with van der Waals surface area (Å²) in [6.07, 6.45) is -0.378. The summed E-state index contributed by atoms with van der Waals surface area (Å²) in [5.41, 5.74) is 14.6. The van der Waals surface area contributed by atoms with Gasteiger partial charge in [-0.05, 0) is 18.5 Å². The van der Waals surface area contributed by atoms with Crippen LogP contribution in [0.25, 0.3) is 10.4 Å². The highest BCUT2D eigenvalue weighted by Gasteiger charge is 2.25. The van der Waals surface area contributed by atoms with Crippen LogP contribution in [0.5, 0.6) is 11.5 Å². The van der Waals surface area contributed by atoms with Crippen LogP contribution in [-0.2, 0) is 0 Å². The molecule has 0 radical (unpaired) electrons. The number of benzene rings is 1. The molecule has 0 saturated carbocycles. The van der Waals surface area contributed by atoms with Gasteiger partial charge in [-0.15, -0.1) is 0 Å². The SMILES string of the molecule is C[C@@H](N)c1cc(F)cc2c1O[C@H](CN=[N+]=[N-])CO2. The van der Waals surface area contributed by atoms with Crippen molar-refractivity contribution < 1.29 is 13.9 Å². The lowest BCUT2D eigenvalue weighted by atomic mass is 10.1. The highest BCUT2D eigenvalue weighted by molar-refractivity contribution is 5.49. The molecule has 2 rings (SSSR count). The van der Waals surface area contributed by atoms with Crippen LogP contribution in [0.2, 0.25) is 0 Å². The number of ether oxygens (including phenoxy) is 2. The molecule has 6 nitrogen and oxygen atoms in total. The minimum atomic E-state index is -0.418. The number of halogens is 1. The molecule has 0 saturated heterocycles. The predicted molar refractivity (Wildman–Crippen MR) is 62.9 cm³/mol. The lowest BCUT2D eigenvalue weighted by Gasteiger charge is -2.28. The number of hydrogen-bond donors (Lipinski definition) is 1. The van der Waals surface area contributed by atoms with Gasteiger partial charge >= 0.3 is 0 Å². The number of fused-ring (bicyclic) bond motifs is 1. The van der Waals surface area contributed by atoms with Crippen molar-refractivity contribution in [3.8, 4) is 11.5 Å². The maximum Gasteiger partial charge on any atom is 0.166 e. The van der Waals surface area contributed by atoms with E-state index in [-0.39, 0.29) is 25.3 Å². The summed E-state index contributed by atoms with van der Waals surface area (Å²) in [5.74, 6) is 0.341. The van der Waals surface area contributed by atoms with Gasteiger partial charge in [0, 0.05) is 22.6 Å². The molecule has 1 heterocycles. The predicted octanol–water partition coefficient (Wildman–Crippen LogP) is 2.30. The quantitative estimate of drug-likeness (QED) is 0.508. The van der Waals surface area contributed by atoms with Gasteiger partial charge in [0.25, 0.3) is 0 Å². The zero-order chi connectivity index (χ0) is 13.1. The fourth-order valence-electron chi connectivity index (χ4n) is 1.76. The largest absolute Gasteiger partial charge is 0.486 e. The van der Waals surface area contributed by atoms with Crippen molar-refractivity contribution in [2.24, 2.45) is 10.8 Å². The molecular weight excluding hydrogens is 239 g/mol. The molecule has 0 amide bonds. The number of rotatable bonds is 3. The Hall–Kier alpha value is -1.98. The Bertz CT molecular complexity index is 500. The minimum absolute atomic E-state index is 0.158. The molecule has 1 aromatic carbocycles. The highest BCUT2D eigenvalue weighted by atomic mass is 19.1. The average Bonchev–Trinajstić information content (AvgIpc) is 2.35. The van der Waals surface area contributed by atoms with Crippen molar-refractivity contribution in [2.75, 3.05) is 13.2 Å². The molecule has 0 aliphatic carbocycles. The normalized spacial score (nSPS) is 18.9. The van der Waals surface area contributed by atoms with Gasteiger partial charge in [-0.25, -0.2) is 4.39 Å². The third kappa shape index (κ3) is 2.47. The molecule has 18 heavy (non-hydrogen) atoms. The molecular formula is C11H13FN4O2. The Kier molecular flexibility index (Phi) is 3.55. The van der Waals surface area contributed by atoms with Gasteiger partial charge < -0.3 is 15.2 Å². The summed E-state index contributed by atoms with van der Waals surface area (Å²) in [6.45, 7) is 2.11. The van der Waals surface area contributed by atoms with Crippen LogP contribution in [-0.4, -0.2) is 19.3 Å². The second kappa shape index (κ2) is 5.12. The average molecular weight is 252 g/mol. The Morgan fingerprint density at radius 2 is 2.44 bits per heavy atom. The van der Waals surface area contributed by atoms with Crippen LogP contribution in [0.3, 0.4) is 0 Å². The van der Waals surface area contributed by atoms with Crippen molar-refractivity contribution in [3.05, 3.63) is 34.0 Å². The number of azide groups is 1. The number of nitrogens with two attached hydrogens (primary N) is 1. The van der Waals surface area contributed by atoms with Gasteiger partial charge in [0.15, 0.2) is 11.5 Å². The zero-order valence-corrected chi connectivity index (χ0v) is 9.84. The molecule has 7 heteroatoms. The molecule has 0 spiro atoms. The van der Waals surface area contributed by atoms with Crippen molar-refractivity contribution >= 4 is 0 Å². The number of nitrogens with zero attached hydrogens (tertiary/aromatic N) is 3. The molecule has 2 N–H and O–H groups in total. The van der Waals surface area contributed by atoms with E-state index in [0.29, 0.717) is 17.1 Å². The molecule has 0 fully saturated rings. The third-order valence-electron chi connectivity index (χ3n) is 2.60. The van der Waals surface area contributed by atoms with Crippen LogP contribution in [0, 0.1) is 5.82 Å². The Balaban J connectivity index is 2.32. The molecule has 2 atom stereocenters. The molecule has 1 aliphatic rings. The summed E-state index contributed by atoms with van der Waals surface area (Å²) >= 11 is 0. The minimum Gasteiger partial charge on any atom is -0.486 e. The van der Waals surface area contributed by atoms with Crippen LogP contribution < -0.4 is 15.2 Å². The van der Waals surface area contributed by atoms with Crippen molar-refractivity contribution in [1.82, 2.24) is 0 Å². The van der Waals surface area contributed by atoms with Gasteiger partial charge in [0.1, 0.15) is 18.5 Å². The van der Waals surface area contributed by atoms with E-state index in [1.807, 2.05) is 0 Å². The first kappa shape index (κ1) is 12.5. The van der Waals surface area contributed by atoms with Gasteiger partial charge in [-0.2, -0.15) is 0 Å². The molecule has 0 bridgehead atoms. The van der Waals surface area contributed by atoms with Crippen LogP contribution in [0.15, 0.2) is 17.2 Å². The van der Waals surface area contributed by atoms with Crippen LogP contribution >= 0.6 is 0 Å². The van der Waals surface area contributed by atoms with Crippen LogP contribution in [0.1, 0.15) is 18.5 Å². The van der Waals surface area contributed by atoms with E-state index in [4.69, 9.17) is 20.7 Å². The molecule has 0 aromatic heterocycles. The molecule has 96 valence electrons. The first-order chi connectivity index (χ1) is 8.61. The Morgan fingerprint density at radius 3 is 3.11 bits per heavy atom. The second-order valence-corrected chi connectivity index (χ2v) is 4.08. The number of hydrogen-bond acceptors (Lipinski definition) is 4. The third-order valence-corrected chi connectivity index (χ3v) is 2.60. The summed E-state index contributed by atoms with van der Waals surface area (Å²) in [7, 11) is 0. The zero-order valence-electron chi connectivity index (χ0n) is 9.84. The maximum atomic E-state index is 13.4. The fraction of sp³-hybridized carbons (Fsp3) is 0.455. The topological polar surface area (TPSA) is 93.2 Å². The van der Waals surface area contributed by atoms with Gasteiger partial charge in [-0.3, -0.25) is 0 Å². The first-order valence-corrected chi connectivity index (χ1v) is 5.51. The van der Waals surface area contributed by atoms with E-state index in [1.165, 1.54) is 12.1 Å². The monoisotopic (exact) mass is 252 g/mol. The van der Waals surface area contributed by atoms with E-state index >= 15 is 0 Å². The standard InChI is InChI=1S/C11H13FN4O2/c1-6(13)9-2-7(12)3-10-11(9)18-8(5-17-10)4-15-16-14/h2-3,6,8H,4-5,13H2,1H3/t6-,8-/m1/s1.